The van der Waals surface area contributed by atoms with Gasteiger partial charge in [-0.3, -0.25) is 0 Å². The molecule has 0 aliphatic rings. The van der Waals surface area contributed by atoms with Crippen molar-refractivity contribution in [1.82, 2.24) is 0 Å². The quantitative estimate of drug-likeness (QED) is 0.450. The van der Waals surface area contributed by atoms with E-state index in [2.05, 4.69) is 6.92 Å². The number of nitrogens with two attached hydrogens (primary N) is 2. The third-order valence-corrected chi connectivity index (χ3v) is 2.64. The van der Waals surface area contributed by atoms with E-state index in [0.29, 0.717) is 0 Å². The van der Waals surface area contributed by atoms with Crippen LogP contribution in [0, 0.1) is 0 Å². The van der Waals surface area contributed by atoms with E-state index in [4.69, 9.17) is 11.5 Å². The van der Waals surface area contributed by atoms with E-state index in [0.717, 1.165) is 6.42 Å². The molecule has 0 heterocycles. The van der Waals surface area contributed by atoms with Crippen LogP contribution in [0.4, 0.5) is 0 Å². The van der Waals surface area contributed by atoms with Crippen LogP contribution < -0.4 is 11.5 Å². The van der Waals surface area contributed by atoms with E-state index in [1.165, 1.54) is 57.8 Å². The number of halogens is 2. The lowest BCUT2D eigenvalue weighted by Gasteiger charge is -2.04. The largest absolute Gasteiger partial charge is 0.316 e. The van der Waals surface area contributed by atoms with Crippen molar-refractivity contribution in [2.24, 2.45) is 11.5 Å². The van der Waals surface area contributed by atoms with Gasteiger partial charge in [-0.15, -0.1) is 34.0 Å². The second-order valence-corrected chi connectivity index (χ2v) is 4.28. The molecule has 0 radical (unpaired) electrons. The van der Waals surface area contributed by atoms with E-state index >= 15 is 0 Å². The van der Waals surface area contributed by atoms with Gasteiger partial charge >= 0.3 is 0 Å². The second kappa shape index (κ2) is 18.3. The van der Waals surface area contributed by atoms with Crippen molar-refractivity contribution in [3.05, 3.63) is 0 Å². The molecule has 0 aliphatic carbocycles. The van der Waals surface area contributed by atoms with E-state index in [9.17, 15) is 0 Å². The third-order valence-electron chi connectivity index (χ3n) is 2.64. The topological polar surface area (TPSA) is 52.0 Å². The second-order valence-electron chi connectivity index (χ2n) is 4.28. The maximum atomic E-state index is 5.47. The molecule has 4 N–H and O–H groups in total. The molecular weight excluding hydrogens is 332 g/mol. The van der Waals surface area contributed by atoms with Gasteiger partial charge in [0.2, 0.25) is 0 Å². The van der Waals surface area contributed by atoms with Crippen LogP contribution in [0.1, 0.15) is 71.1 Å². The predicted octanol–water partition coefficient (Wildman–Crippen LogP) is 4.31. The molecular formula is C12H30Br2N2. The molecule has 0 atom stereocenters. The minimum atomic E-state index is -0.0976. The predicted molar refractivity (Wildman–Crippen MR) is 84.7 cm³/mol. The summed E-state index contributed by atoms with van der Waals surface area (Å²) in [5, 5.41) is 0. The Bertz CT molecular complexity index is 111. The fourth-order valence-electron chi connectivity index (χ4n) is 1.69. The molecule has 0 aromatic heterocycles. The first-order valence-corrected chi connectivity index (χ1v) is 6.28. The zero-order chi connectivity index (χ0) is 10.6. The maximum absolute atomic E-state index is 5.47. The van der Waals surface area contributed by atoms with Crippen LogP contribution in [-0.2, 0) is 0 Å². The van der Waals surface area contributed by atoms with Gasteiger partial charge < -0.3 is 11.5 Å². The first kappa shape index (κ1) is 22.1. The van der Waals surface area contributed by atoms with Crippen molar-refractivity contribution in [1.29, 1.82) is 0 Å². The van der Waals surface area contributed by atoms with Crippen LogP contribution in [0.2, 0.25) is 0 Å². The Labute approximate surface area is 122 Å². The molecule has 0 fully saturated rings. The molecule has 2 nitrogen and oxygen atoms in total. The van der Waals surface area contributed by atoms with Gasteiger partial charge in [-0.2, -0.15) is 0 Å². The molecule has 102 valence electrons. The Morgan fingerprint density at radius 3 is 1.44 bits per heavy atom. The number of rotatable bonds is 10. The van der Waals surface area contributed by atoms with Gasteiger partial charge in [0.05, 0.1) is 6.17 Å². The summed E-state index contributed by atoms with van der Waals surface area (Å²) < 4.78 is 0. The zero-order valence-electron chi connectivity index (χ0n) is 10.6. The Morgan fingerprint density at radius 2 is 1.06 bits per heavy atom. The minimum absolute atomic E-state index is 0. The summed E-state index contributed by atoms with van der Waals surface area (Å²) in [6, 6.07) is 0. The van der Waals surface area contributed by atoms with E-state index in [1.54, 1.807) is 0 Å². The highest BCUT2D eigenvalue weighted by Crippen LogP contribution is 2.10. The van der Waals surface area contributed by atoms with Gasteiger partial charge in [-0.25, -0.2) is 0 Å². The highest BCUT2D eigenvalue weighted by molar-refractivity contribution is 8.93. The summed E-state index contributed by atoms with van der Waals surface area (Å²) >= 11 is 0. The average molecular weight is 362 g/mol. The fourth-order valence-corrected chi connectivity index (χ4v) is 1.69. The molecule has 0 spiro atoms. The first-order chi connectivity index (χ1) is 6.77. The number of unbranched alkanes of at least 4 members (excludes halogenated alkanes) is 8. The molecule has 0 saturated carbocycles. The molecule has 0 unspecified atom stereocenters. The summed E-state index contributed by atoms with van der Waals surface area (Å²) in [5.41, 5.74) is 10.9. The SMILES string of the molecule is Br.Br.CCCCCCCCCCCC(N)N. The zero-order valence-corrected chi connectivity index (χ0v) is 14.0. The normalized spacial score (nSPS) is 9.75. The van der Waals surface area contributed by atoms with Crippen LogP contribution in [0.15, 0.2) is 0 Å². The maximum Gasteiger partial charge on any atom is 0.0520 e. The number of hydrogen-bond donors (Lipinski definition) is 2. The van der Waals surface area contributed by atoms with E-state index in [-0.39, 0.29) is 40.1 Å². The summed E-state index contributed by atoms with van der Waals surface area (Å²) in [5.74, 6) is 0. The molecule has 0 aromatic rings. The van der Waals surface area contributed by atoms with Gasteiger partial charge in [0, 0.05) is 0 Å². The Kier molecular flexibility index (Phi) is 25.2. The van der Waals surface area contributed by atoms with Crippen LogP contribution in [0.3, 0.4) is 0 Å². The standard InChI is InChI=1S/C12H28N2.2BrH/c1-2-3-4-5-6-7-8-9-10-11-12(13)14;;/h12H,2-11,13-14H2,1H3;2*1H. The Hall–Kier alpha value is 0.880. The molecule has 0 bridgehead atoms. The molecule has 0 aliphatic heterocycles. The van der Waals surface area contributed by atoms with E-state index < -0.39 is 0 Å². The lowest BCUT2D eigenvalue weighted by atomic mass is 10.1. The van der Waals surface area contributed by atoms with Crippen LogP contribution in [-0.4, -0.2) is 6.17 Å². The first-order valence-electron chi connectivity index (χ1n) is 6.28. The monoisotopic (exact) mass is 360 g/mol. The lowest BCUT2D eigenvalue weighted by Crippen LogP contribution is -2.29. The van der Waals surface area contributed by atoms with Crippen molar-refractivity contribution < 1.29 is 0 Å². The van der Waals surface area contributed by atoms with Crippen molar-refractivity contribution >= 4 is 34.0 Å². The molecule has 0 saturated heterocycles. The summed E-state index contributed by atoms with van der Waals surface area (Å²) in [6.45, 7) is 2.26. The molecule has 0 rings (SSSR count). The molecule has 16 heavy (non-hydrogen) atoms. The van der Waals surface area contributed by atoms with Crippen LogP contribution >= 0.6 is 34.0 Å². The molecule has 4 heteroatoms. The smallest absolute Gasteiger partial charge is 0.0520 e. The lowest BCUT2D eigenvalue weighted by molar-refractivity contribution is 0.530. The average Bonchev–Trinajstić information content (AvgIpc) is 2.15. The molecule has 0 amide bonds. The highest BCUT2D eigenvalue weighted by Gasteiger charge is 1.94. The van der Waals surface area contributed by atoms with Crippen molar-refractivity contribution in [2.45, 2.75) is 77.3 Å². The van der Waals surface area contributed by atoms with Crippen molar-refractivity contribution in [2.75, 3.05) is 0 Å². The van der Waals surface area contributed by atoms with E-state index in [1.807, 2.05) is 0 Å². The Balaban J connectivity index is -0.000000845. The number of hydrogen-bond acceptors (Lipinski definition) is 2. The van der Waals surface area contributed by atoms with Gasteiger partial charge in [-0.1, -0.05) is 64.7 Å². The van der Waals surface area contributed by atoms with Gasteiger partial charge in [0.15, 0.2) is 0 Å². The van der Waals surface area contributed by atoms with Crippen molar-refractivity contribution in [3.8, 4) is 0 Å². The molecule has 0 aromatic carbocycles. The third kappa shape index (κ3) is 20.3. The summed E-state index contributed by atoms with van der Waals surface area (Å²) in [7, 11) is 0. The van der Waals surface area contributed by atoms with Crippen LogP contribution in [0.25, 0.3) is 0 Å². The fraction of sp³-hybridized carbons (Fsp3) is 1.00. The summed E-state index contributed by atoms with van der Waals surface area (Å²) in [4.78, 5) is 0. The van der Waals surface area contributed by atoms with Crippen LogP contribution in [0.5, 0.6) is 0 Å². The Morgan fingerprint density at radius 1 is 0.688 bits per heavy atom. The highest BCUT2D eigenvalue weighted by atomic mass is 79.9. The van der Waals surface area contributed by atoms with Gasteiger partial charge in [0.25, 0.3) is 0 Å². The van der Waals surface area contributed by atoms with Gasteiger partial charge in [-0.05, 0) is 6.42 Å². The van der Waals surface area contributed by atoms with Gasteiger partial charge in [0.1, 0.15) is 0 Å². The van der Waals surface area contributed by atoms with Crippen molar-refractivity contribution in [3.63, 3.8) is 0 Å². The minimum Gasteiger partial charge on any atom is -0.316 e. The summed E-state index contributed by atoms with van der Waals surface area (Å²) in [6.07, 6.45) is 13.1.